The maximum atomic E-state index is 13.5. The van der Waals surface area contributed by atoms with Gasteiger partial charge >= 0.3 is 11.7 Å². The smallest absolute Gasteiger partial charge is 0.318 e. The van der Waals surface area contributed by atoms with Crippen LogP contribution >= 0.6 is 0 Å². The van der Waals surface area contributed by atoms with Crippen LogP contribution in [0, 0.1) is 20.2 Å². The number of hydrogen-bond acceptors (Lipinski definition) is 10. The number of non-ortho nitro benzene ring substituents is 1. The fourth-order valence-corrected chi connectivity index (χ4v) is 6.05. The minimum Gasteiger partial charge on any atom is -0.490 e. The Morgan fingerprint density at radius 3 is 2.09 bits per heavy atom. The van der Waals surface area contributed by atoms with E-state index < -0.39 is 33.1 Å². The molecular formula is C30H29N3O10. The van der Waals surface area contributed by atoms with E-state index in [-0.39, 0.29) is 48.4 Å². The van der Waals surface area contributed by atoms with E-state index in [0.29, 0.717) is 55.2 Å². The van der Waals surface area contributed by atoms with Crippen molar-refractivity contribution in [3.8, 4) is 17.2 Å². The molecule has 0 saturated heterocycles. The summed E-state index contributed by atoms with van der Waals surface area (Å²) in [6, 6.07) is 7.90. The van der Waals surface area contributed by atoms with E-state index in [1.165, 1.54) is 6.07 Å². The third-order valence-electron chi connectivity index (χ3n) is 7.81. The summed E-state index contributed by atoms with van der Waals surface area (Å²) in [7, 11) is 0. The van der Waals surface area contributed by atoms with Crippen molar-refractivity contribution in [2.75, 3.05) is 13.2 Å². The standard InChI is InChI=1S/C30H29N3O10/c1-2-42-26-15-17(9-11-25(26)43-24-12-10-18(32(38)39)16-21(24)33(40)41)28-29-19(5-3-7-22(29)34)31(14-13-27(36)37)20-6-4-8-23(35)30(20)28/h9-12,15-16,28H,2-8,13-14H2,1H3,(H,36,37). The lowest BCUT2D eigenvalue weighted by Gasteiger charge is -2.44. The van der Waals surface area contributed by atoms with Crippen LogP contribution in [0.4, 0.5) is 11.4 Å². The lowest BCUT2D eigenvalue weighted by molar-refractivity contribution is -0.394. The van der Waals surface area contributed by atoms with Crippen LogP contribution in [-0.2, 0) is 14.4 Å². The number of carbonyl (C=O) groups excluding carboxylic acids is 2. The van der Waals surface area contributed by atoms with E-state index in [9.17, 15) is 39.7 Å². The van der Waals surface area contributed by atoms with E-state index in [0.717, 1.165) is 29.6 Å². The molecule has 0 atom stereocenters. The van der Waals surface area contributed by atoms with Gasteiger partial charge in [-0.25, -0.2) is 0 Å². The molecule has 0 radical (unpaired) electrons. The summed E-state index contributed by atoms with van der Waals surface area (Å²) in [5.74, 6) is -1.77. The molecule has 13 heteroatoms. The number of nitro benzene ring substituents is 2. The summed E-state index contributed by atoms with van der Waals surface area (Å²) in [6.45, 7) is 2.10. The van der Waals surface area contributed by atoms with Crippen molar-refractivity contribution in [3.05, 3.63) is 84.7 Å². The molecule has 0 amide bonds. The second-order valence-electron chi connectivity index (χ2n) is 10.4. The van der Waals surface area contributed by atoms with E-state index >= 15 is 0 Å². The fraction of sp³-hybridized carbons (Fsp3) is 0.367. The second-order valence-corrected chi connectivity index (χ2v) is 10.4. The minimum atomic E-state index is -0.971. The van der Waals surface area contributed by atoms with Gasteiger partial charge in [0.2, 0.25) is 5.75 Å². The van der Waals surface area contributed by atoms with Crippen LogP contribution in [0.3, 0.4) is 0 Å². The van der Waals surface area contributed by atoms with Crippen LogP contribution < -0.4 is 9.47 Å². The predicted octanol–water partition coefficient (Wildman–Crippen LogP) is 5.58. The molecule has 2 aliphatic carbocycles. The second kappa shape index (κ2) is 12.0. The first kappa shape index (κ1) is 29.4. The maximum Gasteiger partial charge on any atom is 0.318 e. The van der Waals surface area contributed by atoms with Gasteiger partial charge in [0, 0.05) is 53.9 Å². The van der Waals surface area contributed by atoms with Crippen LogP contribution in [0.1, 0.15) is 63.4 Å². The number of nitrogens with zero attached hydrogens (tertiary/aromatic N) is 3. The predicted molar refractivity (Wildman–Crippen MR) is 151 cm³/mol. The molecule has 2 aromatic rings. The summed E-state index contributed by atoms with van der Waals surface area (Å²) in [5, 5.41) is 32.2. The zero-order chi connectivity index (χ0) is 30.8. The molecule has 13 nitrogen and oxygen atoms in total. The van der Waals surface area contributed by atoms with E-state index in [1.807, 2.05) is 4.90 Å². The van der Waals surface area contributed by atoms with Crippen LogP contribution in [-0.4, -0.2) is 50.5 Å². The molecule has 1 heterocycles. The molecule has 3 aliphatic rings. The Balaban J connectivity index is 1.61. The third-order valence-corrected chi connectivity index (χ3v) is 7.81. The summed E-state index contributed by atoms with van der Waals surface area (Å²) < 4.78 is 11.7. The molecule has 43 heavy (non-hydrogen) atoms. The maximum absolute atomic E-state index is 13.5. The van der Waals surface area contributed by atoms with Gasteiger partial charge in [0.1, 0.15) is 0 Å². The molecule has 1 N–H and O–H groups in total. The highest BCUT2D eigenvalue weighted by Crippen LogP contribution is 2.50. The van der Waals surface area contributed by atoms with Gasteiger partial charge in [0.05, 0.1) is 28.9 Å². The number of aliphatic carboxylic acids is 1. The van der Waals surface area contributed by atoms with Gasteiger partial charge in [-0.05, 0) is 56.4 Å². The highest BCUT2D eigenvalue weighted by molar-refractivity contribution is 6.06. The van der Waals surface area contributed by atoms with Crippen molar-refractivity contribution in [1.29, 1.82) is 0 Å². The van der Waals surface area contributed by atoms with Crippen molar-refractivity contribution in [2.24, 2.45) is 0 Å². The highest BCUT2D eigenvalue weighted by Gasteiger charge is 2.43. The molecule has 2 aromatic carbocycles. The van der Waals surface area contributed by atoms with Crippen molar-refractivity contribution in [1.82, 2.24) is 4.90 Å². The molecule has 1 aliphatic heterocycles. The Morgan fingerprint density at radius 1 is 0.907 bits per heavy atom. The van der Waals surface area contributed by atoms with Gasteiger partial charge in [-0.2, -0.15) is 0 Å². The zero-order valence-corrected chi connectivity index (χ0v) is 23.4. The number of benzene rings is 2. The van der Waals surface area contributed by atoms with E-state index in [2.05, 4.69) is 0 Å². The van der Waals surface area contributed by atoms with Crippen LogP contribution in [0.25, 0.3) is 0 Å². The van der Waals surface area contributed by atoms with Gasteiger partial charge in [-0.15, -0.1) is 0 Å². The normalized spacial score (nSPS) is 17.0. The van der Waals surface area contributed by atoms with Crippen molar-refractivity contribution >= 4 is 28.9 Å². The molecule has 0 aromatic heterocycles. The number of rotatable bonds is 10. The van der Waals surface area contributed by atoms with E-state index in [4.69, 9.17) is 9.47 Å². The van der Waals surface area contributed by atoms with Crippen LogP contribution in [0.5, 0.6) is 17.2 Å². The van der Waals surface area contributed by atoms with Gasteiger partial charge in [0.25, 0.3) is 5.69 Å². The number of ketones is 2. The zero-order valence-electron chi connectivity index (χ0n) is 23.4. The molecule has 0 spiro atoms. The molecular weight excluding hydrogens is 562 g/mol. The van der Waals surface area contributed by atoms with Gasteiger partial charge in [-0.3, -0.25) is 34.6 Å². The molecule has 0 unspecified atom stereocenters. The first-order valence-electron chi connectivity index (χ1n) is 14.0. The molecule has 5 rings (SSSR count). The Labute approximate surface area is 245 Å². The van der Waals surface area contributed by atoms with Gasteiger partial charge < -0.3 is 19.5 Å². The van der Waals surface area contributed by atoms with E-state index in [1.54, 1.807) is 19.1 Å². The number of carbonyl (C=O) groups is 3. The van der Waals surface area contributed by atoms with Crippen LogP contribution in [0.15, 0.2) is 58.9 Å². The number of nitro groups is 2. The monoisotopic (exact) mass is 591 g/mol. The SMILES string of the molecule is CCOc1cc(C2C3=C(CCCC3=O)N(CCC(=O)O)C3=C2C(=O)CCC3)ccc1Oc1ccc([N+](=O)[O-])cc1[N+](=O)[O-]. The quantitative estimate of drug-likeness (QED) is 0.269. The Hall–Kier alpha value is -5.07. The lowest BCUT2D eigenvalue weighted by atomic mass is 9.71. The fourth-order valence-electron chi connectivity index (χ4n) is 6.05. The summed E-state index contributed by atoms with van der Waals surface area (Å²) in [4.78, 5) is 61.6. The van der Waals surface area contributed by atoms with Gasteiger partial charge in [0.15, 0.2) is 23.1 Å². The average molecular weight is 592 g/mol. The molecule has 0 saturated carbocycles. The first-order chi connectivity index (χ1) is 20.6. The van der Waals surface area contributed by atoms with Crippen molar-refractivity contribution in [3.63, 3.8) is 0 Å². The topological polar surface area (TPSA) is 179 Å². The van der Waals surface area contributed by atoms with Crippen LogP contribution in [0.2, 0.25) is 0 Å². The minimum absolute atomic E-state index is 0.101. The van der Waals surface area contributed by atoms with Crippen molar-refractivity contribution in [2.45, 2.75) is 57.8 Å². The number of Topliss-reactive ketones (excluding diaryl/α,β-unsaturated/α-hetero) is 2. The highest BCUT2D eigenvalue weighted by atomic mass is 16.6. The largest absolute Gasteiger partial charge is 0.490 e. The lowest BCUT2D eigenvalue weighted by Crippen LogP contribution is -2.39. The molecule has 0 fully saturated rings. The Kier molecular flexibility index (Phi) is 8.24. The summed E-state index contributed by atoms with van der Waals surface area (Å²) in [6.07, 6.45) is 2.86. The Bertz CT molecular complexity index is 1570. The molecule has 0 bridgehead atoms. The summed E-state index contributed by atoms with van der Waals surface area (Å²) in [5.41, 5.74) is 1.99. The number of carboxylic acid groups (broad SMARTS) is 1. The number of carboxylic acids is 1. The van der Waals surface area contributed by atoms with Gasteiger partial charge in [-0.1, -0.05) is 6.07 Å². The van der Waals surface area contributed by atoms with Crippen molar-refractivity contribution < 1.29 is 38.8 Å². The average Bonchev–Trinajstić information content (AvgIpc) is 2.96. The number of hydrogen-bond donors (Lipinski definition) is 1. The molecule has 224 valence electrons. The summed E-state index contributed by atoms with van der Waals surface area (Å²) >= 11 is 0. The Morgan fingerprint density at radius 2 is 1.53 bits per heavy atom. The first-order valence-corrected chi connectivity index (χ1v) is 14.0. The number of ether oxygens (including phenoxy) is 2. The number of allylic oxidation sites excluding steroid dienone is 4. The third kappa shape index (κ3) is 5.70.